The lowest BCUT2D eigenvalue weighted by Crippen LogP contribution is -2.40. The third kappa shape index (κ3) is 3.47. The van der Waals surface area contributed by atoms with E-state index >= 15 is 0 Å². The van der Waals surface area contributed by atoms with Crippen molar-refractivity contribution in [3.05, 3.63) is 23.9 Å². The lowest BCUT2D eigenvalue weighted by molar-refractivity contribution is -0.0955. The number of aliphatic hydroxyl groups is 1. The van der Waals surface area contributed by atoms with E-state index < -0.39 is 11.7 Å². The van der Waals surface area contributed by atoms with Crippen LogP contribution in [0.5, 0.6) is 0 Å². The molecule has 0 aliphatic carbocycles. The van der Waals surface area contributed by atoms with Crippen LogP contribution in [-0.2, 0) is 11.2 Å². The molecule has 0 radical (unpaired) electrons. The van der Waals surface area contributed by atoms with E-state index in [1.807, 2.05) is 26.8 Å². The molecule has 0 saturated carbocycles. The smallest absolute Gasteiger partial charge is 0.123 e. The number of ether oxygens (including phenoxy) is 1. The molecule has 4 heteroatoms. The molecule has 4 nitrogen and oxygen atoms in total. The van der Waals surface area contributed by atoms with Gasteiger partial charge in [0.05, 0.1) is 11.7 Å². The SMILES string of the molecule is CCOC(C)(C)C(O)Cc1ccnc(N)c1. The Morgan fingerprint density at radius 3 is 2.81 bits per heavy atom. The Labute approximate surface area is 96.5 Å². The van der Waals surface area contributed by atoms with Gasteiger partial charge in [-0.05, 0) is 38.5 Å². The van der Waals surface area contributed by atoms with E-state index in [-0.39, 0.29) is 0 Å². The summed E-state index contributed by atoms with van der Waals surface area (Å²) in [6, 6.07) is 3.62. The molecule has 0 spiro atoms. The molecule has 16 heavy (non-hydrogen) atoms. The number of hydrogen-bond acceptors (Lipinski definition) is 4. The fraction of sp³-hybridized carbons (Fsp3) is 0.583. The van der Waals surface area contributed by atoms with Gasteiger partial charge in [-0.2, -0.15) is 0 Å². The van der Waals surface area contributed by atoms with E-state index in [0.29, 0.717) is 18.8 Å². The third-order valence-corrected chi connectivity index (χ3v) is 2.59. The van der Waals surface area contributed by atoms with Gasteiger partial charge in [0.1, 0.15) is 5.82 Å². The molecule has 0 aliphatic rings. The van der Waals surface area contributed by atoms with Crippen molar-refractivity contribution < 1.29 is 9.84 Å². The molecule has 1 unspecified atom stereocenters. The summed E-state index contributed by atoms with van der Waals surface area (Å²) in [4.78, 5) is 3.91. The summed E-state index contributed by atoms with van der Waals surface area (Å²) in [5, 5.41) is 10.1. The van der Waals surface area contributed by atoms with Crippen LogP contribution < -0.4 is 5.73 Å². The van der Waals surface area contributed by atoms with Crippen LogP contribution in [0.3, 0.4) is 0 Å². The van der Waals surface area contributed by atoms with E-state index in [1.54, 1.807) is 12.3 Å². The highest BCUT2D eigenvalue weighted by Crippen LogP contribution is 2.19. The number of anilines is 1. The lowest BCUT2D eigenvalue weighted by Gasteiger charge is -2.30. The molecule has 0 aromatic carbocycles. The second-order valence-electron chi connectivity index (χ2n) is 4.35. The maximum atomic E-state index is 10.1. The fourth-order valence-corrected chi connectivity index (χ4v) is 1.56. The van der Waals surface area contributed by atoms with Gasteiger partial charge in [-0.15, -0.1) is 0 Å². The molecule has 0 amide bonds. The van der Waals surface area contributed by atoms with Gasteiger partial charge < -0.3 is 15.6 Å². The molecule has 3 N–H and O–H groups in total. The standard InChI is InChI=1S/C12H20N2O2/c1-4-16-12(2,3)10(15)7-9-5-6-14-11(13)8-9/h5-6,8,10,15H,4,7H2,1-3H3,(H2,13,14). The largest absolute Gasteiger partial charge is 0.390 e. The molecule has 0 saturated heterocycles. The number of rotatable bonds is 5. The highest BCUT2D eigenvalue weighted by Gasteiger charge is 2.28. The van der Waals surface area contributed by atoms with Crippen molar-refractivity contribution in [2.75, 3.05) is 12.3 Å². The van der Waals surface area contributed by atoms with Gasteiger partial charge in [-0.25, -0.2) is 4.98 Å². The average molecular weight is 224 g/mol. The molecule has 0 bridgehead atoms. The summed E-state index contributed by atoms with van der Waals surface area (Å²) in [5.74, 6) is 0.471. The lowest BCUT2D eigenvalue weighted by atomic mass is 9.95. The normalized spacial score (nSPS) is 13.8. The highest BCUT2D eigenvalue weighted by molar-refractivity contribution is 5.32. The van der Waals surface area contributed by atoms with Gasteiger partial charge in [0.15, 0.2) is 0 Å². The first-order valence-corrected chi connectivity index (χ1v) is 5.48. The summed E-state index contributed by atoms with van der Waals surface area (Å²) < 4.78 is 5.50. The Bertz CT molecular complexity index is 340. The van der Waals surface area contributed by atoms with Crippen LogP contribution >= 0.6 is 0 Å². The van der Waals surface area contributed by atoms with E-state index in [0.717, 1.165) is 5.56 Å². The second-order valence-corrected chi connectivity index (χ2v) is 4.35. The minimum absolute atomic E-state index is 0.471. The van der Waals surface area contributed by atoms with Gasteiger partial charge in [-0.3, -0.25) is 0 Å². The Morgan fingerprint density at radius 2 is 2.25 bits per heavy atom. The van der Waals surface area contributed by atoms with Crippen LogP contribution in [-0.4, -0.2) is 28.4 Å². The fourth-order valence-electron chi connectivity index (χ4n) is 1.56. The Balaban J connectivity index is 2.67. The van der Waals surface area contributed by atoms with E-state index in [4.69, 9.17) is 10.5 Å². The maximum absolute atomic E-state index is 10.1. The van der Waals surface area contributed by atoms with Gasteiger partial charge in [0.2, 0.25) is 0 Å². The van der Waals surface area contributed by atoms with Gasteiger partial charge in [0.25, 0.3) is 0 Å². The summed E-state index contributed by atoms with van der Waals surface area (Å²) in [5.41, 5.74) is 5.99. The van der Waals surface area contributed by atoms with Crippen molar-refractivity contribution in [1.82, 2.24) is 4.98 Å². The second kappa shape index (κ2) is 5.27. The van der Waals surface area contributed by atoms with E-state index in [2.05, 4.69) is 4.98 Å². The highest BCUT2D eigenvalue weighted by atomic mass is 16.5. The van der Waals surface area contributed by atoms with Crippen molar-refractivity contribution in [3.63, 3.8) is 0 Å². The number of hydrogen-bond donors (Lipinski definition) is 2. The average Bonchev–Trinajstić information content (AvgIpc) is 2.17. The molecule has 1 atom stereocenters. The molecule has 90 valence electrons. The van der Waals surface area contributed by atoms with Crippen molar-refractivity contribution >= 4 is 5.82 Å². The van der Waals surface area contributed by atoms with Crippen LogP contribution in [0, 0.1) is 0 Å². The molecule has 1 aromatic rings. The minimum Gasteiger partial charge on any atom is -0.390 e. The van der Waals surface area contributed by atoms with E-state index in [9.17, 15) is 5.11 Å². The summed E-state index contributed by atoms with van der Waals surface area (Å²) in [7, 11) is 0. The van der Waals surface area contributed by atoms with Crippen LogP contribution in [0.25, 0.3) is 0 Å². The Morgan fingerprint density at radius 1 is 1.56 bits per heavy atom. The summed E-state index contributed by atoms with van der Waals surface area (Å²) in [6.07, 6.45) is 1.60. The molecule has 1 heterocycles. The van der Waals surface area contributed by atoms with Gasteiger partial charge in [-0.1, -0.05) is 0 Å². The summed E-state index contributed by atoms with van der Waals surface area (Å²) in [6.45, 7) is 6.26. The number of aliphatic hydroxyl groups excluding tert-OH is 1. The predicted octanol–water partition coefficient (Wildman–Crippen LogP) is 1.38. The zero-order chi connectivity index (χ0) is 12.2. The predicted molar refractivity (Wildman–Crippen MR) is 64.1 cm³/mol. The van der Waals surface area contributed by atoms with Gasteiger partial charge in [0, 0.05) is 19.2 Å². The van der Waals surface area contributed by atoms with Crippen molar-refractivity contribution in [2.45, 2.75) is 38.9 Å². The van der Waals surface area contributed by atoms with Crippen LogP contribution in [0.2, 0.25) is 0 Å². The molecule has 1 aromatic heterocycles. The minimum atomic E-state index is -0.561. The zero-order valence-electron chi connectivity index (χ0n) is 10.1. The molecule has 0 aliphatic heterocycles. The maximum Gasteiger partial charge on any atom is 0.123 e. The van der Waals surface area contributed by atoms with E-state index in [1.165, 1.54) is 0 Å². The first-order valence-electron chi connectivity index (χ1n) is 5.48. The van der Waals surface area contributed by atoms with Gasteiger partial charge >= 0.3 is 0 Å². The van der Waals surface area contributed by atoms with Crippen LogP contribution in [0.1, 0.15) is 26.3 Å². The van der Waals surface area contributed by atoms with Crippen molar-refractivity contribution in [2.24, 2.45) is 0 Å². The number of nitrogens with zero attached hydrogens (tertiary/aromatic N) is 1. The number of pyridine rings is 1. The number of aromatic nitrogens is 1. The quantitative estimate of drug-likeness (QED) is 0.793. The van der Waals surface area contributed by atoms with Crippen LogP contribution in [0.4, 0.5) is 5.82 Å². The topological polar surface area (TPSA) is 68.4 Å². The monoisotopic (exact) mass is 224 g/mol. The van der Waals surface area contributed by atoms with Crippen LogP contribution in [0.15, 0.2) is 18.3 Å². The first-order chi connectivity index (χ1) is 7.45. The first kappa shape index (κ1) is 12.9. The summed E-state index contributed by atoms with van der Waals surface area (Å²) >= 11 is 0. The molecular weight excluding hydrogens is 204 g/mol. The third-order valence-electron chi connectivity index (χ3n) is 2.59. The number of nitrogen functional groups attached to an aromatic ring is 1. The number of nitrogens with two attached hydrogens (primary N) is 1. The van der Waals surface area contributed by atoms with Crippen molar-refractivity contribution in [3.8, 4) is 0 Å². The Kier molecular flexibility index (Phi) is 4.26. The molecular formula is C12H20N2O2. The Hall–Kier alpha value is -1.13. The molecule has 0 fully saturated rings. The van der Waals surface area contributed by atoms with Crippen molar-refractivity contribution in [1.29, 1.82) is 0 Å². The molecule has 1 rings (SSSR count). The zero-order valence-corrected chi connectivity index (χ0v) is 10.1.